The zero-order chi connectivity index (χ0) is 11.5. The van der Waals surface area contributed by atoms with Crippen molar-refractivity contribution in [2.75, 3.05) is 5.32 Å². The van der Waals surface area contributed by atoms with E-state index >= 15 is 0 Å². The van der Waals surface area contributed by atoms with Crippen molar-refractivity contribution in [3.05, 3.63) is 34.6 Å². The standard InChI is InChI=1S/C10H12ClN5/c1-6-7(2)16-9(15-6)5-14-10-12-3-8(11)4-13-10/h3-4H,5H2,1-2H3,(H,15,16)(H,12,13,14). The molecule has 2 rings (SSSR count). The Kier molecular flexibility index (Phi) is 3.05. The van der Waals surface area contributed by atoms with Gasteiger partial charge in [-0.05, 0) is 13.8 Å². The van der Waals surface area contributed by atoms with Crippen molar-refractivity contribution >= 4 is 17.5 Å². The van der Waals surface area contributed by atoms with Crippen molar-refractivity contribution in [1.82, 2.24) is 19.9 Å². The number of anilines is 1. The maximum atomic E-state index is 5.68. The van der Waals surface area contributed by atoms with Crippen LogP contribution in [0.25, 0.3) is 0 Å². The number of hydrogen-bond donors (Lipinski definition) is 2. The van der Waals surface area contributed by atoms with Gasteiger partial charge in [0, 0.05) is 5.69 Å². The second-order valence-electron chi connectivity index (χ2n) is 3.47. The van der Waals surface area contributed by atoms with Gasteiger partial charge in [0.15, 0.2) is 0 Å². The topological polar surface area (TPSA) is 66.5 Å². The Bertz CT molecular complexity index is 457. The van der Waals surface area contributed by atoms with E-state index in [9.17, 15) is 0 Å². The summed E-state index contributed by atoms with van der Waals surface area (Å²) in [5.74, 6) is 1.41. The number of rotatable bonds is 3. The van der Waals surface area contributed by atoms with Gasteiger partial charge >= 0.3 is 0 Å². The van der Waals surface area contributed by atoms with Gasteiger partial charge in [-0.25, -0.2) is 15.0 Å². The van der Waals surface area contributed by atoms with E-state index in [1.807, 2.05) is 13.8 Å². The third-order valence-electron chi connectivity index (χ3n) is 2.21. The fourth-order valence-electron chi connectivity index (χ4n) is 1.27. The lowest BCUT2D eigenvalue weighted by molar-refractivity contribution is 0.959. The Morgan fingerprint density at radius 1 is 1.31 bits per heavy atom. The van der Waals surface area contributed by atoms with Gasteiger partial charge in [-0.1, -0.05) is 11.6 Å². The van der Waals surface area contributed by atoms with E-state index in [2.05, 4.69) is 25.3 Å². The lowest BCUT2D eigenvalue weighted by atomic mass is 10.4. The Balaban J connectivity index is 1.99. The number of hydrogen-bond acceptors (Lipinski definition) is 4. The molecule has 2 N–H and O–H groups in total. The van der Waals surface area contributed by atoms with Crippen molar-refractivity contribution in [3.8, 4) is 0 Å². The normalized spacial score (nSPS) is 10.4. The molecule has 0 aliphatic carbocycles. The molecule has 16 heavy (non-hydrogen) atoms. The quantitative estimate of drug-likeness (QED) is 0.858. The number of H-pyrrole nitrogens is 1. The maximum absolute atomic E-state index is 5.68. The first-order chi connectivity index (χ1) is 7.65. The fourth-order valence-corrected chi connectivity index (χ4v) is 1.37. The molecular formula is C10H12ClN5. The van der Waals surface area contributed by atoms with E-state index in [0.29, 0.717) is 17.5 Å². The summed E-state index contributed by atoms with van der Waals surface area (Å²) in [5.41, 5.74) is 2.09. The molecule has 0 saturated heterocycles. The Morgan fingerprint density at radius 3 is 2.56 bits per heavy atom. The minimum absolute atomic E-state index is 0.523. The predicted octanol–water partition coefficient (Wildman–Crippen LogP) is 2.08. The van der Waals surface area contributed by atoms with Gasteiger partial charge in [-0.3, -0.25) is 0 Å². The van der Waals surface area contributed by atoms with Gasteiger partial charge in [-0.2, -0.15) is 0 Å². The smallest absolute Gasteiger partial charge is 0.223 e. The Labute approximate surface area is 98.3 Å². The second-order valence-corrected chi connectivity index (χ2v) is 3.91. The molecule has 2 aromatic heterocycles. The number of aromatic nitrogens is 4. The van der Waals surface area contributed by atoms with Crippen LogP contribution in [-0.4, -0.2) is 19.9 Å². The van der Waals surface area contributed by atoms with Crippen LogP contribution in [0.3, 0.4) is 0 Å². The largest absolute Gasteiger partial charge is 0.347 e. The summed E-state index contributed by atoms with van der Waals surface area (Å²) >= 11 is 5.68. The van der Waals surface area contributed by atoms with E-state index in [1.165, 1.54) is 0 Å². The molecule has 0 aliphatic heterocycles. The monoisotopic (exact) mass is 237 g/mol. The highest BCUT2D eigenvalue weighted by Crippen LogP contribution is 2.07. The minimum atomic E-state index is 0.523. The van der Waals surface area contributed by atoms with Crippen LogP contribution in [0, 0.1) is 13.8 Å². The highest BCUT2D eigenvalue weighted by molar-refractivity contribution is 6.30. The Hall–Kier alpha value is -1.62. The number of imidazole rings is 1. The van der Waals surface area contributed by atoms with Crippen LogP contribution in [0.4, 0.5) is 5.95 Å². The SMILES string of the molecule is Cc1nc(CNc2ncc(Cl)cn2)[nH]c1C. The van der Waals surface area contributed by atoms with Crippen LogP contribution in [0.5, 0.6) is 0 Å². The zero-order valence-electron chi connectivity index (χ0n) is 9.08. The number of aryl methyl sites for hydroxylation is 2. The summed E-state index contributed by atoms with van der Waals surface area (Å²) < 4.78 is 0. The zero-order valence-corrected chi connectivity index (χ0v) is 9.84. The molecule has 0 amide bonds. The van der Waals surface area contributed by atoms with Crippen LogP contribution >= 0.6 is 11.6 Å². The lowest BCUT2D eigenvalue weighted by Crippen LogP contribution is -2.04. The summed E-state index contributed by atoms with van der Waals surface area (Å²) in [5, 5.41) is 3.58. The molecular weight excluding hydrogens is 226 g/mol. The summed E-state index contributed by atoms with van der Waals surface area (Å²) in [6.45, 7) is 4.52. The van der Waals surface area contributed by atoms with Crippen molar-refractivity contribution in [2.24, 2.45) is 0 Å². The van der Waals surface area contributed by atoms with Gasteiger partial charge in [0.1, 0.15) is 5.82 Å². The third-order valence-corrected chi connectivity index (χ3v) is 2.41. The highest BCUT2D eigenvalue weighted by Gasteiger charge is 2.02. The number of halogens is 1. The molecule has 0 atom stereocenters. The lowest BCUT2D eigenvalue weighted by Gasteiger charge is -2.01. The molecule has 0 bridgehead atoms. The third kappa shape index (κ3) is 2.49. The molecule has 5 nitrogen and oxygen atoms in total. The van der Waals surface area contributed by atoms with Gasteiger partial charge in [0.05, 0.1) is 29.7 Å². The first kappa shape index (κ1) is 10.9. The molecule has 0 spiro atoms. The number of nitrogens with zero attached hydrogens (tertiary/aromatic N) is 3. The molecule has 0 unspecified atom stereocenters. The maximum Gasteiger partial charge on any atom is 0.223 e. The van der Waals surface area contributed by atoms with E-state index < -0.39 is 0 Å². The van der Waals surface area contributed by atoms with Gasteiger partial charge < -0.3 is 10.3 Å². The van der Waals surface area contributed by atoms with Gasteiger partial charge in [0.2, 0.25) is 5.95 Å². The first-order valence-corrected chi connectivity index (χ1v) is 5.26. The average Bonchev–Trinajstić information content (AvgIpc) is 2.58. The minimum Gasteiger partial charge on any atom is -0.347 e. The molecule has 0 radical (unpaired) electrons. The van der Waals surface area contributed by atoms with E-state index in [4.69, 9.17) is 11.6 Å². The summed E-state index contributed by atoms with van der Waals surface area (Å²) in [4.78, 5) is 15.6. The van der Waals surface area contributed by atoms with Crippen molar-refractivity contribution in [3.63, 3.8) is 0 Å². The van der Waals surface area contributed by atoms with Gasteiger partial charge in [-0.15, -0.1) is 0 Å². The molecule has 0 saturated carbocycles. The predicted molar refractivity (Wildman–Crippen MR) is 62.4 cm³/mol. The fraction of sp³-hybridized carbons (Fsp3) is 0.300. The molecule has 6 heteroatoms. The summed E-state index contributed by atoms with van der Waals surface area (Å²) in [6, 6.07) is 0. The molecule has 0 fully saturated rings. The van der Waals surface area contributed by atoms with Crippen LogP contribution < -0.4 is 5.32 Å². The molecule has 2 heterocycles. The van der Waals surface area contributed by atoms with Crippen LogP contribution in [0.15, 0.2) is 12.4 Å². The summed E-state index contributed by atoms with van der Waals surface area (Å²) in [7, 11) is 0. The summed E-state index contributed by atoms with van der Waals surface area (Å²) in [6.07, 6.45) is 3.10. The van der Waals surface area contributed by atoms with E-state index in [-0.39, 0.29) is 0 Å². The van der Waals surface area contributed by atoms with Crippen molar-refractivity contribution in [2.45, 2.75) is 20.4 Å². The molecule has 0 aliphatic rings. The van der Waals surface area contributed by atoms with Crippen LogP contribution in [0.1, 0.15) is 17.2 Å². The Morgan fingerprint density at radius 2 is 2.00 bits per heavy atom. The van der Waals surface area contributed by atoms with Gasteiger partial charge in [0.25, 0.3) is 0 Å². The molecule has 84 valence electrons. The highest BCUT2D eigenvalue weighted by atomic mass is 35.5. The van der Waals surface area contributed by atoms with Crippen molar-refractivity contribution in [1.29, 1.82) is 0 Å². The van der Waals surface area contributed by atoms with E-state index in [0.717, 1.165) is 17.2 Å². The van der Waals surface area contributed by atoms with Crippen molar-refractivity contribution < 1.29 is 0 Å². The molecule has 0 aromatic carbocycles. The average molecular weight is 238 g/mol. The second kappa shape index (κ2) is 4.49. The van der Waals surface area contributed by atoms with E-state index in [1.54, 1.807) is 12.4 Å². The number of nitrogens with one attached hydrogen (secondary N) is 2. The first-order valence-electron chi connectivity index (χ1n) is 4.88. The van der Waals surface area contributed by atoms with Crippen LogP contribution in [0.2, 0.25) is 5.02 Å². The number of aromatic amines is 1. The van der Waals surface area contributed by atoms with Crippen LogP contribution in [-0.2, 0) is 6.54 Å². The molecule has 2 aromatic rings.